The van der Waals surface area contributed by atoms with E-state index in [2.05, 4.69) is 20.6 Å². The fourth-order valence-electron chi connectivity index (χ4n) is 3.10. The quantitative estimate of drug-likeness (QED) is 0.846. The lowest BCUT2D eigenvalue weighted by Crippen LogP contribution is -2.27. The summed E-state index contributed by atoms with van der Waals surface area (Å²) in [6, 6.07) is 8.64. The molecule has 1 aromatic heterocycles. The Kier molecular flexibility index (Phi) is 5.58. The van der Waals surface area contributed by atoms with Crippen LogP contribution in [0.4, 0.5) is 10.3 Å². The molecule has 0 unspecified atom stereocenters. The average Bonchev–Trinajstić information content (AvgIpc) is 3.09. The molecule has 1 heterocycles. The van der Waals surface area contributed by atoms with Gasteiger partial charge in [-0.3, -0.25) is 4.79 Å². The molecule has 1 amide bonds. The molecule has 6 heteroatoms. The Balaban J connectivity index is 1.59. The van der Waals surface area contributed by atoms with Gasteiger partial charge in [0.05, 0.1) is 0 Å². The molecule has 1 aliphatic carbocycles. The van der Waals surface area contributed by atoms with Gasteiger partial charge >= 0.3 is 0 Å². The Bertz CT molecular complexity index is 744. The van der Waals surface area contributed by atoms with Gasteiger partial charge in [-0.1, -0.05) is 31.0 Å². The van der Waals surface area contributed by atoms with Gasteiger partial charge in [-0.15, -0.1) is 0 Å². The second-order valence-electron chi connectivity index (χ2n) is 6.44. The van der Waals surface area contributed by atoms with Crippen molar-refractivity contribution in [3.8, 4) is 0 Å². The zero-order valence-corrected chi connectivity index (χ0v) is 14.4. The summed E-state index contributed by atoms with van der Waals surface area (Å²) in [7, 11) is 0. The molecule has 132 valence electrons. The lowest BCUT2D eigenvalue weighted by atomic mass is 10.1. The Morgan fingerprint density at radius 1 is 1.24 bits per heavy atom. The summed E-state index contributed by atoms with van der Waals surface area (Å²) in [4.78, 5) is 21.0. The maximum atomic E-state index is 13.6. The number of hydrogen-bond donors (Lipinski definition) is 2. The number of halogens is 1. The van der Waals surface area contributed by atoms with E-state index in [1.54, 1.807) is 24.3 Å². The molecule has 0 aliphatic heterocycles. The highest BCUT2D eigenvalue weighted by Gasteiger charge is 2.17. The minimum atomic E-state index is -0.267. The first-order valence-corrected chi connectivity index (χ1v) is 8.75. The molecular formula is C19H23FN4O. The Labute approximate surface area is 147 Å². The number of hydrogen-bond acceptors (Lipinski definition) is 4. The summed E-state index contributed by atoms with van der Waals surface area (Å²) in [6.07, 6.45) is 5.10. The van der Waals surface area contributed by atoms with Crippen LogP contribution in [-0.2, 0) is 6.42 Å². The number of nitrogens with one attached hydrogen (secondary N) is 2. The van der Waals surface area contributed by atoms with E-state index in [4.69, 9.17) is 0 Å². The molecule has 1 saturated carbocycles. The van der Waals surface area contributed by atoms with Gasteiger partial charge in [0.2, 0.25) is 5.95 Å². The lowest BCUT2D eigenvalue weighted by molar-refractivity contribution is 0.0949. The predicted molar refractivity (Wildman–Crippen MR) is 95.1 cm³/mol. The van der Waals surface area contributed by atoms with Gasteiger partial charge in [0, 0.05) is 18.3 Å². The highest BCUT2D eigenvalue weighted by Crippen LogP contribution is 2.21. The van der Waals surface area contributed by atoms with Gasteiger partial charge in [0.1, 0.15) is 11.5 Å². The number of anilines is 1. The highest BCUT2D eigenvalue weighted by atomic mass is 19.1. The van der Waals surface area contributed by atoms with Gasteiger partial charge in [0.15, 0.2) is 0 Å². The van der Waals surface area contributed by atoms with Crippen LogP contribution in [0.3, 0.4) is 0 Å². The van der Waals surface area contributed by atoms with E-state index in [-0.39, 0.29) is 11.7 Å². The summed E-state index contributed by atoms with van der Waals surface area (Å²) >= 11 is 0. The zero-order valence-electron chi connectivity index (χ0n) is 14.4. The highest BCUT2D eigenvalue weighted by molar-refractivity contribution is 5.92. The standard InChI is InChI=1S/C19H23FN4O/c1-13-12-17(24-19(22-13)23-15-7-3-4-8-15)18(25)21-11-10-14-6-2-5-9-16(14)20/h2,5-6,9,12,15H,3-4,7-8,10-11H2,1H3,(H,21,25)(H,22,23,24). The van der Waals surface area contributed by atoms with Gasteiger partial charge in [-0.05, 0) is 43.9 Å². The van der Waals surface area contributed by atoms with Crippen LogP contribution in [0.25, 0.3) is 0 Å². The number of benzene rings is 1. The van der Waals surface area contributed by atoms with E-state index in [0.29, 0.717) is 36.2 Å². The number of carbonyl (C=O) groups excluding carboxylic acids is 1. The fourth-order valence-corrected chi connectivity index (χ4v) is 3.10. The number of amides is 1. The maximum Gasteiger partial charge on any atom is 0.270 e. The van der Waals surface area contributed by atoms with Gasteiger partial charge in [0.25, 0.3) is 5.91 Å². The van der Waals surface area contributed by atoms with Crippen LogP contribution in [0, 0.1) is 12.7 Å². The number of aryl methyl sites for hydroxylation is 1. The summed E-state index contributed by atoms with van der Waals surface area (Å²) in [5.41, 5.74) is 1.67. The second-order valence-corrected chi connectivity index (χ2v) is 6.44. The molecule has 2 aromatic rings. The third-order valence-corrected chi connectivity index (χ3v) is 4.41. The van der Waals surface area contributed by atoms with Gasteiger partial charge in [-0.2, -0.15) is 0 Å². The van der Waals surface area contributed by atoms with Gasteiger partial charge < -0.3 is 10.6 Å². The normalized spacial score (nSPS) is 14.5. The fraction of sp³-hybridized carbons (Fsp3) is 0.421. The molecule has 0 saturated heterocycles. The van der Waals surface area contributed by atoms with Crippen LogP contribution in [0.1, 0.15) is 47.4 Å². The van der Waals surface area contributed by atoms with Crippen molar-refractivity contribution in [1.29, 1.82) is 0 Å². The number of carbonyl (C=O) groups is 1. The third kappa shape index (κ3) is 4.75. The number of rotatable bonds is 6. The summed E-state index contributed by atoms with van der Waals surface area (Å²) < 4.78 is 13.6. The van der Waals surface area contributed by atoms with Crippen LogP contribution in [0.5, 0.6) is 0 Å². The smallest absolute Gasteiger partial charge is 0.270 e. The van der Waals surface area contributed by atoms with Crippen molar-refractivity contribution in [2.45, 2.75) is 45.1 Å². The molecule has 25 heavy (non-hydrogen) atoms. The van der Waals surface area contributed by atoms with Crippen LogP contribution in [0.2, 0.25) is 0 Å². The van der Waals surface area contributed by atoms with Crippen molar-refractivity contribution in [1.82, 2.24) is 15.3 Å². The SMILES string of the molecule is Cc1cc(C(=O)NCCc2ccccc2F)nc(NC2CCCC2)n1. The van der Waals surface area contributed by atoms with Crippen molar-refractivity contribution in [3.05, 3.63) is 53.1 Å². The lowest BCUT2D eigenvalue weighted by Gasteiger charge is -2.13. The molecule has 3 rings (SSSR count). The van der Waals surface area contributed by atoms with E-state index >= 15 is 0 Å². The molecule has 0 radical (unpaired) electrons. The number of aromatic nitrogens is 2. The van der Waals surface area contributed by atoms with Crippen molar-refractivity contribution >= 4 is 11.9 Å². The zero-order chi connectivity index (χ0) is 17.6. The Morgan fingerprint density at radius 2 is 2.00 bits per heavy atom. The van der Waals surface area contributed by atoms with Crippen LogP contribution in [0.15, 0.2) is 30.3 Å². The maximum absolute atomic E-state index is 13.6. The molecular weight excluding hydrogens is 319 g/mol. The van der Waals surface area contributed by atoms with Crippen molar-refractivity contribution < 1.29 is 9.18 Å². The summed E-state index contributed by atoms with van der Waals surface area (Å²) in [5, 5.41) is 6.11. The largest absolute Gasteiger partial charge is 0.351 e. The monoisotopic (exact) mass is 342 g/mol. The molecule has 0 bridgehead atoms. The Hall–Kier alpha value is -2.50. The number of nitrogens with zero attached hydrogens (tertiary/aromatic N) is 2. The molecule has 0 spiro atoms. The predicted octanol–water partition coefficient (Wildman–Crippen LogP) is 3.25. The first kappa shape index (κ1) is 17.3. The minimum Gasteiger partial charge on any atom is -0.351 e. The third-order valence-electron chi connectivity index (χ3n) is 4.41. The van der Waals surface area contributed by atoms with E-state index in [9.17, 15) is 9.18 Å². The second kappa shape index (κ2) is 8.05. The minimum absolute atomic E-state index is 0.252. The van der Waals surface area contributed by atoms with Crippen LogP contribution < -0.4 is 10.6 Å². The van der Waals surface area contributed by atoms with Crippen molar-refractivity contribution in [2.24, 2.45) is 0 Å². The average molecular weight is 342 g/mol. The first-order chi connectivity index (χ1) is 12.1. The van der Waals surface area contributed by atoms with E-state index in [1.165, 1.54) is 18.9 Å². The molecule has 2 N–H and O–H groups in total. The molecule has 1 fully saturated rings. The van der Waals surface area contributed by atoms with E-state index in [0.717, 1.165) is 18.5 Å². The van der Waals surface area contributed by atoms with E-state index < -0.39 is 0 Å². The summed E-state index contributed by atoms with van der Waals surface area (Å²) in [6.45, 7) is 2.20. The molecule has 1 aliphatic rings. The topological polar surface area (TPSA) is 66.9 Å². The first-order valence-electron chi connectivity index (χ1n) is 8.75. The van der Waals surface area contributed by atoms with Crippen LogP contribution >= 0.6 is 0 Å². The van der Waals surface area contributed by atoms with Gasteiger partial charge in [-0.25, -0.2) is 14.4 Å². The van der Waals surface area contributed by atoms with Crippen LogP contribution in [-0.4, -0.2) is 28.5 Å². The molecule has 1 aromatic carbocycles. The van der Waals surface area contributed by atoms with Crippen molar-refractivity contribution in [3.63, 3.8) is 0 Å². The molecule has 5 nitrogen and oxygen atoms in total. The summed E-state index contributed by atoms with van der Waals surface area (Å²) in [5.74, 6) is -0.0138. The van der Waals surface area contributed by atoms with Crippen molar-refractivity contribution in [2.75, 3.05) is 11.9 Å². The Morgan fingerprint density at radius 3 is 2.76 bits per heavy atom. The molecule has 0 atom stereocenters. The van der Waals surface area contributed by atoms with E-state index in [1.807, 2.05) is 6.92 Å².